The molecule has 0 aromatic carbocycles. The lowest BCUT2D eigenvalue weighted by molar-refractivity contribution is 0.0767. The van der Waals surface area contributed by atoms with Crippen molar-refractivity contribution in [3.05, 3.63) is 0 Å². The molecular weight excluding hydrogens is 316 g/mol. The van der Waals surface area contributed by atoms with Gasteiger partial charge in [0, 0.05) is 38.0 Å². The van der Waals surface area contributed by atoms with Crippen molar-refractivity contribution in [3.63, 3.8) is 0 Å². The molecule has 0 aromatic heterocycles. The summed E-state index contributed by atoms with van der Waals surface area (Å²) in [7, 11) is -3.14. The van der Waals surface area contributed by atoms with Crippen LogP contribution in [0.5, 0.6) is 0 Å². The summed E-state index contributed by atoms with van der Waals surface area (Å²) in [5.74, 6) is 2.28. The van der Waals surface area contributed by atoms with Crippen LogP contribution in [-0.2, 0) is 14.8 Å². The molecule has 3 heterocycles. The SMILES string of the molecule is CCNC(=NCCNS(=O)(=O)CC)N1CC2C3CCC(O3)C2C1. The molecule has 8 heteroatoms. The molecule has 2 N–H and O–H groups in total. The van der Waals surface area contributed by atoms with E-state index in [2.05, 4.69) is 26.9 Å². The molecule has 23 heavy (non-hydrogen) atoms. The van der Waals surface area contributed by atoms with Gasteiger partial charge in [-0.3, -0.25) is 4.99 Å². The maximum Gasteiger partial charge on any atom is 0.211 e. The molecule has 7 nitrogen and oxygen atoms in total. The zero-order valence-electron chi connectivity index (χ0n) is 14.0. The standard InChI is InChI=1S/C15H28N4O3S/c1-3-16-15(17-7-8-18-23(20,21)4-2)19-9-11-12(10-19)14-6-5-13(11)22-14/h11-14,18H,3-10H2,1-2H3,(H,16,17). The van der Waals surface area contributed by atoms with Crippen LogP contribution in [0.3, 0.4) is 0 Å². The first kappa shape index (κ1) is 17.0. The zero-order valence-corrected chi connectivity index (χ0v) is 14.8. The van der Waals surface area contributed by atoms with Gasteiger partial charge in [-0.25, -0.2) is 13.1 Å². The summed E-state index contributed by atoms with van der Waals surface area (Å²) in [5.41, 5.74) is 0. The molecule has 3 rings (SSSR count). The van der Waals surface area contributed by atoms with E-state index in [-0.39, 0.29) is 5.75 Å². The van der Waals surface area contributed by atoms with Crippen LogP contribution in [0.25, 0.3) is 0 Å². The maximum atomic E-state index is 11.4. The van der Waals surface area contributed by atoms with Crippen LogP contribution in [0, 0.1) is 11.8 Å². The van der Waals surface area contributed by atoms with Crippen molar-refractivity contribution in [3.8, 4) is 0 Å². The summed E-state index contributed by atoms with van der Waals surface area (Å²) in [6.07, 6.45) is 3.28. The lowest BCUT2D eigenvalue weighted by Gasteiger charge is -2.23. The molecule has 2 bridgehead atoms. The highest BCUT2D eigenvalue weighted by atomic mass is 32.2. The highest BCUT2D eigenvalue weighted by Crippen LogP contribution is 2.47. The van der Waals surface area contributed by atoms with Gasteiger partial charge in [-0.15, -0.1) is 0 Å². The fraction of sp³-hybridized carbons (Fsp3) is 0.933. The van der Waals surface area contributed by atoms with E-state index in [0.717, 1.165) is 25.6 Å². The Balaban J connectivity index is 1.56. The predicted octanol–water partition coefficient (Wildman–Crippen LogP) is 0.000400. The summed E-state index contributed by atoms with van der Waals surface area (Å²) in [6, 6.07) is 0. The first-order chi connectivity index (χ1) is 11.0. The Labute approximate surface area is 138 Å². The smallest absolute Gasteiger partial charge is 0.211 e. The van der Waals surface area contributed by atoms with E-state index in [4.69, 9.17) is 4.74 Å². The van der Waals surface area contributed by atoms with Crippen LogP contribution >= 0.6 is 0 Å². The molecule has 0 aliphatic carbocycles. The molecular formula is C15H28N4O3S. The number of rotatable bonds is 6. The molecule has 0 amide bonds. The van der Waals surface area contributed by atoms with Crippen molar-refractivity contribution >= 4 is 16.0 Å². The number of guanidine groups is 1. The Morgan fingerprint density at radius 3 is 2.43 bits per heavy atom. The molecule has 0 saturated carbocycles. The Kier molecular flexibility index (Phi) is 5.13. The van der Waals surface area contributed by atoms with Gasteiger partial charge in [-0.2, -0.15) is 0 Å². The lowest BCUT2D eigenvalue weighted by Crippen LogP contribution is -2.41. The topological polar surface area (TPSA) is 83.0 Å². The fourth-order valence-corrected chi connectivity index (χ4v) is 4.63. The minimum absolute atomic E-state index is 0.106. The van der Waals surface area contributed by atoms with E-state index in [9.17, 15) is 8.42 Å². The summed E-state index contributed by atoms with van der Waals surface area (Å²) in [6.45, 7) is 7.30. The van der Waals surface area contributed by atoms with Gasteiger partial charge in [0.05, 0.1) is 24.5 Å². The summed E-state index contributed by atoms with van der Waals surface area (Å²) >= 11 is 0. The van der Waals surface area contributed by atoms with Gasteiger partial charge in [0.25, 0.3) is 0 Å². The third kappa shape index (κ3) is 3.64. The number of hydrogen-bond donors (Lipinski definition) is 2. The summed E-state index contributed by atoms with van der Waals surface area (Å²) in [5, 5.41) is 3.33. The average molecular weight is 344 g/mol. The van der Waals surface area contributed by atoms with E-state index in [1.807, 2.05) is 0 Å². The molecule has 3 aliphatic heterocycles. The second-order valence-corrected chi connectivity index (χ2v) is 8.65. The number of sulfonamides is 1. The molecule has 3 aliphatic rings. The highest BCUT2D eigenvalue weighted by Gasteiger charge is 2.53. The van der Waals surface area contributed by atoms with Gasteiger partial charge < -0.3 is 15.0 Å². The third-order valence-corrected chi connectivity index (χ3v) is 6.57. The zero-order chi connectivity index (χ0) is 16.4. The fourth-order valence-electron chi connectivity index (χ4n) is 4.02. The summed E-state index contributed by atoms with van der Waals surface area (Å²) in [4.78, 5) is 6.91. The minimum Gasteiger partial charge on any atom is -0.374 e. The van der Waals surface area contributed by atoms with Gasteiger partial charge >= 0.3 is 0 Å². The maximum absolute atomic E-state index is 11.4. The number of likely N-dealkylation sites (tertiary alicyclic amines) is 1. The molecule has 0 aromatic rings. The number of ether oxygens (including phenoxy) is 1. The van der Waals surface area contributed by atoms with Crippen molar-refractivity contribution in [2.24, 2.45) is 16.8 Å². The van der Waals surface area contributed by atoms with E-state index >= 15 is 0 Å². The number of fused-ring (bicyclic) bond motifs is 5. The largest absolute Gasteiger partial charge is 0.374 e. The number of nitrogens with zero attached hydrogens (tertiary/aromatic N) is 2. The quantitative estimate of drug-likeness (QED) is 0.403. The normalized spacial score (nSPS) is 33.3. The number of nitrogens with one attached hydrogen (secondary N) is 2. The Hall–Kier alpha value is -0.860. The molecule has 0 spiro atoms. The van der Waals surface area contributed by atoms with Crippen molar-refractivity contribution < 1.29 is 13.2 Å². The van der Waals surface area contributed by atoms with Gasteiger partial charge in [-0.1, -0.05) is 0 Å². The molecule has 0 radical (unpaired) electrons. The van der Waals surface area contributed by atoms with Crippen molar-refractivity contribution in [1.82, 2.24) is 14.9 Å². The lowest BCUT2D eigenvalue weighted by atomic mass is 9.82. The molecule has 4 atom stereocenters. The Morgan fingerprint density at radius 2 is 1.87 bits per heavy atom. The molecule has 3 saturated heterocycles. The average Bonchev–Trinajstić information content (AvgIpc) is 3.22. The van der Waals surface area contributed by atoms with Gasteiger partial charge in [0.1, 0.15) is 0 Å². The van der Waals surface area contributed by atoms with E-state index < -0.39 is 10.0 Å². The van der Waals surface area contributed by atoms with E-state index in [1.165, 1.54) is 12.8 Å². The Bertz CT molecular complexity index is 533. The van der Waals surface area contributed by atoms with Crippen LogP contribution in [0.15, 0.2) is 4.99 Å². The monoisotopic (exact) mass is 344 g/mol. The van der Waals surface area contributed by atoms with Crippen LogP contribution in [0.2, 0.25) is 0 Å². The van der Waals surface area contributed by atoms with Crippen molar-refractivity contribution in [2.75, 3.05) is 38.5 Å². The number of aliphatic imine (C=N–C) groups is 1. The predicted molar refractivity (Wildman–Crippen MR) is 89.9 cm³/mol. The van der Waals surface area contributed by atoms with Gasteiger partial charge in [0.15, 0.2) is 5.96 Å². The molecule has 4 unspecified atom stereocenters. The van der Waals surface area contributed by atoms with E-state index in [0.29, 0.717) is 37.1 Å². The number of hydrogen-bond acceptors (Lipinski definition) is 4. The van der Waals surface area contributed by atoms with Crippen LogP contribution in [0.1, 0.15) is 26.7 Å². The molecule has 3 fully saturated rings. The third-order valence-electron chi connectivity index (χ3n) is 5.16. The van der Waals surface area contributed by atoms with Crippen LogP contribution < -0.4 is 10.0 Å². The van der Waals surface area contributed by atoms with Crippen LogP contribution in [0.4, 0.5) is 0 Å². The second-order valence-electron chi connectivity index (χ2n) is 6.56. The van der Waals surface area contributed by atoms with E-state index in [1.54, 1.807) is 6.92 Å². The second kappa shape index (κ2) is 6.94. The first-order valence-corrected chi connectivity index (χ1v) is 10.4. The van der Waals surface area contributed by atoms with Crippen LogP contribution in [-0.4, -0.2) is 70.0 Å². The molecule has 132 valence electrons. The van der Waals surface area contributed by atoms with Gasteiger partial charge in [0.2, 0.25) is 10.0 Å². The van der Waals surface area contributed by atoms with Gasteiger partial charge in [-0.05, 0) is 26.7 Å². The highest BCUT2D eigenvalue weighted by molar-refractivity contribution is 7.89. The van der Waals surface area contributed by atoms with Crippen molar-refractivity contribution in [2.45, 2.75) is 38.9 Å². The first-order valence-electron chi connectivity index (χ1n) is 8.70. The van der Waals surface area contributed by atoms with Crippen molar-refractivity contribution in [1.29, 1.82) is 0 Å². The Morgan fingerprint density at radius 1 is 1.22 bits per heavy atom. The minimum atomic E-state index is -3.14. The summed E-state index contributed by atoms with van der Waals surface area (Å²) < 4.78 is 31.4.